The van der Waals surface area contributed by atoms with Crippen molar-refractivity contribution < 1.29 is 18.7 Å². The van der Waals surface area contributed by atoms with E-state index in [1.54, 1.807) is 18.2 Å². The standard InChI is InChI=1S/C28H24FNO3/c29-23-9-4-5-10-24(23)30-25-11-6-12-26(31)28(25)22(17-27(30)32)20-13-15-21(16-14-20)33-18-19-7-2-1-3-8-19/h1-5,7-10,13-16,22H,6,11-12,17-18H2. The number of benzene rings is 3. The molecule has 1 amide bonds. The maximum Gasteiger partial charge on any atom is 0.232 e. The van der Waals surface area contributed by atoms with Gasteiger partial charge in [0.1, 0.15) is 18.2 Å². The lowest BCUT2D eigenvalue weighted by Crippen LogP contribution is -2.41. The lowest BCUT2D eigenvalue weighted by atomic mass is 9.77. The number of nitrogens with zero attached hydrogens (tertiary/aromatic N) is 1. The van der Waals surface area contributed by atoms with Crippen LogP contribution in [0.2, 0.25) is 0 Å². The van der Waals surface area contributed by atoms with E-state index in [4.69, 9.17) is 4.74 Å². The van der Waals surface area contributed by atoms with Gasteiger partial charge in [0.2, 0.25) is 5.91 Å². The van der Waals surface area contributed by atoms with Gasteiger partial charge in [0.25, 0.3) is 0 Å². The number of allylic oxidation sites excluding steroid dienone is 2. The highest BCUT2D eigenvalue weighted by Gasteiger charge is 2.40. The molecule has 0 N–H and O–H groups in total. The lowest BCUT2D eigenvalue weighted by molar-refractivity contribution is -0.120. The van der Waals surface area contributed by atoms with Crippen molar-refractivity contribution in [3.8, 4) is 5.75 Å². The average Bonchev–Trinajstić information content (AvgIpc) is 2.84. The molecule has 1 aliphatic carbocycles. The summed E-state index contributed by atoms with van der Waals surface area (Å²) in [6.07, 6.45) is 1.82. The summed E-state index contributed by atoms with van der Waals surface area (Å²) in [7, 11) is 0. The number of anilines is 1. The van der Waals surface area contributed by atoms with Crippen molar-refractivity contribution in [3.05, 3.63) is 107 Å². The maximum atomic E-state index is 14.5. The third kappa shape index (κ3) is 4.19. The van der Waals surface area contributed by atoms with Crippen LogP contribution in [-0.2, 0) is 16.2 Å². The van der Waals surface area contributed by atoms with Crippen LogP contribution in [0.1, 0.15) is 42.7 Å². The molecular weight excluding hydrogens is 417 g/mol. The summed E-state index contributed by atoms with van der Waals surface area (Å²) in [5, 5.41) is 0. The number of halogens is 1. The zero-order valence-electron chi connectivity index (χ0n) is 18.2. The van der Waals surface area contributed by atoms with Crippen molar-refractivity contribution in [2.75, 3.05) is 4.90 Å². The van der Waals surface area contributed by atoms with E-state index in [-0.39, 0.29) is 29.7 Å². The van der Waals surface area contributed by atoms with Gasteiger partial charge in [-0.1, -0.05) is 54.6 Å². The molecular formula is C28H24FNO3. The molecule has 3 aromatic rings. The minimum Gasteiger partial charge on any atom is -0.489 e. The van der Waals surface area contributed by atoms with Gasteiger partial charge in [-0.3, -0.25) is 14.5 Å². The van der Waals surface area contributed by atoms with E-state index in [1.165, 1.54) is 11.0 Å². The number of hydrogen-bond acceptors (Lipinski definition) is 3. The molecule has 0 saturated heterocycles. The van der Waals surface area contributed by atoms with Gasteiger partial charge in [-0.15, -0.1) is 0 Å². The Hall–Kier alpha value is -3.73. The maximum absolute atomic E-state index is 14.5. The van der Waals surface area contributed by atoms with Crippen molar-refractivity contribution in [2.45, 2.75) is 38.2 Å². The van der Waals surface area contributed by atoms with Gasteiger partial charge in [0.05, 0.1) is 5.69 Å². The largest absolute Gasteiger partial charge is 0.489 e. The Morgan fingerprint density at radius 3 is 2.36 bits per heavy atom. The van der Waals surface area contributed by atoms with Crippen molar-refractivity contribution in [1.82, 2.24) is 0 Å². The lowest BCUT2D eigenvalue weighted by Gasteiger charge is -2.38. The molecule has 0 spiro atoms. The monoisotopic (exact) mass is 441 g/mol. The third-order valence-corrected chi connectivity index (χ3v) is 6.30. The van der Waals surface area contributed by atoms with E-state index in [0.717, 1.165) is 16.9 Å². The first-order valence-electron chi connectivity index (χ1n) is 11.2. The molecule has 1 heterocycles. The van der Waals surface area contributed by atoms with Crippen LogP contribution in [0.25, 0.3) is 0 Å². The van der Waals surface area contributed by atoms with Crippen LogP contribution in [0, 0.1) is 5.82 Å². The van der Waals surface area contributed by atoms with Crippen molar-refractivity contribution in [1.29, 1.82) is 0 Å². The van der Waals surface area contributed by atoms with E-state index >= 15 is 0 Å². The van der Waals surface area contributed by atoms with Crippen LogP contribution in [0.15, 0.2) is 90.1 Å². The number of amides is 1. The molecule has 0 aromatic heterocycles. The molecule has 0 saturated carbocycles. The van der Waals surface area contributed by atoms with Crippen molar-refractivity contribution in [2.24, 2.45) is 0 Å². The molecule has 0 radical (unpaired) electrons. The number of carbonyl (C=O) groups is 2. The first-order chi connectivity index (χ1) is 16.1. The minimum absolute atomic E-state index is 0.0412. The fourth-order valence-corrected chi connectivity index (χ4v) is 4.73. The number of hydrogen-bond donors (Lipinski definition) is 0. The molecule has 4 nitrogen and oxygen atoms in total. The molecule has 0 bridgehead atoms. The number of ketones is 1. The zero-order valence-corrected chi connectivity index (χ0v) is 18.2. The number of rotatable bonds is 5. The van der Waals surface area contributed by atoms with Gasteiger partial charge in [0.15, 0.2) is 5.78 Å². The van der Waals surface area contributed by atoms with Crippen LogP contribution < -0.4 is 9.64 Å². The van der Waals surface area contributed by atoms with Crippen LogP contribution in [-0.4, -0.2) is 11.7 Å². The molecule has 166 valence electrons. The average molecular weight is 442 g/mol. The molecule has 1 unspecified atom stereocenters. The summed E-state index contributed by atoms with van der Waals surface area (Å²) in [6, 6.07) is 23.7. The van der Waals surface area contributed by atoms with Gasteiger partial charge >= 0.3 is 0 Å². The first-order valence-corrected chi connectivity index (χ1v) is 11.2. The van der Waals surface area contributed by atoms with E-state index in [0.29, 0.717) is 37.1 Å². The number of carbonyl (C=O) groups excluding carboxylic acids is 2. The molecule has 1 aliphatic heterocycles. The topological polar surface area (TPSA) is 46.6 Å². The predicted molar refractivity (Wildman–Crippen MR) is 124 cm³/mol. The Morgan fingerprint density at radius 1 is 0.879 bits per heavy atom. The Morgan fingerprint density at radius 2 is 1.61 bits per heavy atom. The Bertz CT molecular complexity index is 1220. The molecule has 33 heavy (non-hydrogen) atoms. The molecule has 5 rings (SSSR count). The summed E-state index contributed by atoms with van der Waals surface area (Å²) in [6.45, 7) is 0.466. The third-order valence-electron chi connectivity index (χ3n) is 6.30. The van der Waals surface area contributed by atoms with Crippen LogP contribution in [0.4, 0.5) is 10.1 Å². The molecule has 3 aromatic carbocycles. The van der Waals surface area contributed by atoms with Gasteiger partial charge < -0.3 is 4.74 Å². The molecule has 2 aliphatic rings. The zero-order chi connectivity index (χ0) is 22.8. The fourth-order valence-electron chi connectivity index (χ4n) is 4.73. The summed E-state index contributed by atoms with van der Waals surface area (Å²) < 4.78 is 20.4. The van der Waals surface area contributed by atoms with Gasteiger partial charge in [-0.25, -0.2) is 4.39 Å². The van der Waals surface area contributed by atoms with Crippen molar-refractivity contribution >= 4 is 17.4 Å². The summed E-state index contributed by atoms with van der Waals surface area (Å²) in [5.74, 6) is -0.218. The Balaban J connectivity index is 1.45. The fraction of sp³-hybridized carbons (Fsp3) is 0.214. The highest BCUT2D eigenvalue weighted by Crippen LogP contribution is 2.44. The number of Topliss-reactive ketones (excluding diaryl/α,β-unsaturated/α-hetero) is 1. The second-order valence-corrected chi connectivity index (χ2v) is 8.42. The van der Waals surface area contributed by atoms with Crippen molar-refractivity contribution in [3.63, 3.8) is 0 Å². The SMILES string of the molecule is O=C1CCCC2=C1C(c1ccc(OCc3ccccc3)cc1)CC(=O)N2c1ccccc1F. The van der Waals surface area contributed by atoms with E-state index in [2.05, 4.69) is 0 Å². The van der Waals surface area contributed by atoms with E-state index < -0.39 is 5.82 Å². The number of para-hydroxylation sites is 1. The molecule has 1 atom stereocenters. The van der Waals surface area contributed by atoms with Crippen LogP contribution in [0.3, 0.4) is 0 Å². The Kier molecular flexibility index (Phi) is 5.78. The predicted octanol–water partition coefficient (Wildman–Crippen LogP) is 5.93. The minimum atomic E-state index is -0.464. The normalized spacial score (nSPS) is 18.3. The highest BCUT2D eigenvalue weighted by molar-refractivity contribution is 6.07. The Labute approximate surface area is 192 Å². The van der Waals surface area contributed by atoms with Gasteiger partial charge in [-0.05, 0) is 48.2 Å². The second kappa shape index (κ2) is 9.02. The smallest absolute Gasteiger partial charge is 0.232 e. The summed E-state index contributed by atoms with van der Waals surface area (Å²) in [4.78, 5) is 27.6. The first kappa shape index (κ1) is 21.1. The van der Waals surface area contributed by atoms with Gasteiger partial charge in [0, 0.05) is 30.0 Å². The van der Waals surface area contributed by atoms with Crippen LogP contribution in [0.5, 0.6) is 5.75 Å². The number of ether oxygens (including phenoxy) is 1. The quantitative estimate of drug-likeness (QED) is 0.493. The summed E-state index contributed by atoms with van der Waals surface area (Å²) >= 11 is 0. The molecule has 0 fully saturated rings. The van der Waals surface area contributed by atoms with Gasteiger partial charge in [-0.2, -0.15) is 0 Å². The highest BCUT2D eigenvalue weighted by atomic mass is 19.1. The second-order valence-electron chi connectivity index (χ2n) is 8.42. The van der Waals surface area contributed by atoms with E-state index in [9.17, 15) is 14.0 Å². The van der Waals surface area contributed by atoms with E-state index in [1.807, 2.05) is 54.6 Å². The van der Waals surface area contributed by atoms with Crippen LogP contribution >= 0.6 is 0 Å². The summed E-state index contributed by atoms with van der Waals surface area (Å²) in [5.41, 5.74) is 3.47. The molecule has 5 heteroatoms.